The average Bonchev–Trinajstić information content (AvgIpc) is 2.43. The number of likely N-dealkylation sites (N-methyl/N-ethyl adjacent to an activating group) is 1. The Morgan fingerprint density at radius 3 is 2.36 bits per heavy atom. The molecule has 0 fully saturated rings. The van der Waals surface area contributed by atoms with E-state index in [9.17, 15) is 9.59 Å². The number of nitrogens with zero attached hydrogens (tertiary/aromatic N) is 1. The first-order valence-electron chi connectivity index (χ1n) is 7.05. The predicted octanol–water partition coefficient (Wildman–Crippen LogP) is 3.38. The van der Waals surface area contributed by atoms with Crippen LogP contribution >= 0.6 is 23.2 Å². The summed E-state index contributed by atoms with van der Waals surface area (Å²) in [4.78, 5) is 25.3. The molecule has 4 nitrogen and oxygen atoms in total. The van der Waals surface area contributed by atoms with Crippen LogP contribution in [0.15, 0.2) is 24.3 Å². The fourth-order valence-electron chi connectivity index (χ4n) is 1.82. The molecule has 1 aromatic carbocycles. The molecule has 0 saturated carbocycles. The number of carbonyl (C=O) groups is 2. The van der Waals surface area contributed by atoms with Crippen molar-refractivity contribution < 1.29 is 9.59 Å². The van der Waals surface area contributed by atoms with E-state index in [4.69, 9.17) is 23.2 Å². The summed E-state index contributed by atoms with van der Waals surface area (Å²) in [5.41, 5.74) is 0.585. The highest BCUT2D eigenvalue weighted by atomic mass is 35.5. The molecule has 1 rings (SSSR count). The standard InChI is InChI=1S/C16H20Cl2N2O2/c1-4-20(10-15(21)19-11(2)3)16(22)9-8-12-13(17)6-5-7-14(12)18/h5-9,11H,4,10H2,1-3H3,(H,19,21). The Bertz CT molecular complexity index is 551. The fourth-order valence-corrected chi connectivity index (χ4v) is 2.34. The summed E-state index contributed by atoms with van der Waals surface area (Å²) in [5, 5.41) is 3.69. The lowest BCUT2D eigenvalue weighted by molar-refractivity contribution is -0.132. The molecule has 0 aliphatic carbocycles. The van der Waals surface area contributed by atoms with Crippen molar-refractivity contribution in [2.75, 3.05) is 13.1 Å². The zero-order valence-corrected chi connectivity index (χ0v) is 14.4. The summed E-state index contributed by atoms with van der Waals surface area (Å²) in [6.45, 7) is 6.01. The molecular weight excluding hydrogens is 323 g/mol. The minimum atomic E-state index is -0.266. The fraction of sp³-hybridized carbons (Fsp3) is 0.375. The minimum Gasteiger partial charge on any atom is -0.352 e. The molecular formula is C16H20Cl2N2O2. The third kappa shape index (κ3) is 5.70. The van der Waals surface area contributed by atoms with Gasteiger partial charge < -0.3 is 10.2 Å². The summed E-state index contributed by atoms with van der Waals surface area (Å²) >= 11 is 12.1. The van der Waals surface area contributed by atoms with E-state index < -0.39 is 0 Å². The zero-order chi connectivity index (χ0) is 16.7. The third-order valence-electron chi connectivity index (χ3n) is 2.87. The highest BCUT2D eigenvalue weighted by Crippen LogP contribution is 2.25. The van der Waals surface area contributed by atoms with Gasteiger partial charge in [-0.25, -0.2) is 0 Å². The molecule has 0 unspecified atom stereocenters. The molecule has 0 heterocycles. The van der Waals surface area contributed by atoms with Gasteiger partial charge in [0.1, 0.15) is 0 Å². The quantitative estimate of drug-likeness (QED) is 0.805. The molecule has 22 heavy (non-hydrogen) atoms. The van der Waals surface area contributed by atoms with Gasteiger partial charge in [0.05, 0.1) is 6.54 Å². The molecule has 0 aromatic heterocycles. The van der Waals surface area contributed by atoms with Crippen LogP contribution in [0.1, 0.15) is 26.3 Å². The molecule has 0 saturated heterocycles. The van der Waals surface area contributed by atoms with E-state index >= 15 is 0 Å². The summed E-state index contributed by atoms with van der Waals surface area (Å²) in [6, 6.07) is 5.17. The molecule has 2 amide bonds. The van der Waals surface area contributed by atoms with Crippen molar-refractivity contribution in [1.29, 1.82) is 0 Å². The molecule has 6 heteroatoms. The van der Waals surface area contributed by atoms with E-state index in [0.717, 1.165) is 0 Å². The van der Waals surface area contributed by atoms with Crippen LogP contribution in [-0.2, 0) is 9.59 Å². The van der Waals surface area contributed by atoms with Crippen molar-refractivity contribution >= 4 is 41.1 Å². The Balaban J connectivity index is 2.77. The summed E-state index contributed by atoms with van der Waals surface area (Å²) in [7, 11) is 0. The maximum atomic E-state index is 12.2. The predicted molar refractivity (Wildman–Crippen MR) is 91.0 cm³/mol. The third-order valence-corrected chi connectivity index (χ3v) is 3.53. The van der Waals surface area contributed by atoms with E-state index in [2.05, 4.69) is 5.32 Å². The first-order valence-corrected chi connectivity index (χ1v) is 7.81. The molecule has 0 aliphatic rings. The molecule has 0 aliphatic heterocycles. The van der Waals surface area contributed by atoms with E-state index in [0.29, 0.717) is 22.2 Å². The van der Waals surface area contributed by atoms with Crippen molar-refractivity contribution in [3.05, 3.63) is 39.9 Å². The van der Waals surface area contributed by atoms with Gasteiger partial charge in [-0.3, -0.25) is 9.59 Å². The Morgan fingerprint density at radius 1 is 1.27 bits per heavy atom. The number of hydrogen-bond acceptors (Lipinski definition) is 2. The average molecular weight is 343 g/mol. The van der Waals surface area contributed by atoms with Gasteiger partial charge in [0.2, 0.25) is 11.8 Å². The Morgan fingerprint density at radius 2 is 1.86 bits per heavy atom. The number of nitrogens with one attached hydrogen (secondary N) is 1. The van der Waals surface area contributed by atoms with Crippen LogP contribution in [0.25, 0.3) is 6.08 Å². The molecule has 120 valence electrons. The van der Waals surface area contributed by atoms with Crippen molar-refractivity contribution in [3.63, 3.8) is 0 Å². The molecule has 0 bridgehead atoms. The number of carbonyl (C=O) groups excluding carboxylic acids is 2. The van der Waals surface area contributed by atoms with E-state index in [-0.39, 0.29) is 24.4 Å². The van der Waals surface area contributed by atoms with Gasteiger partial charge in [0, 0.05) is 34.3 Å². The van der Waals surface area contributed by atoms with Crippen molar-refractivity contribution in [3.8, 4) is 0 Å². The number of halogens is 2. The Labute approximate surface area is 141 Å². The van der Waals surface area contributed by atoms with Gasteiger partial charge in [-0.05, 0) is 39.0 Å². The maximum absolute atomic E-state index is 12.2. The van der Waals surface area contributed by atoms with E-state index in [1.165, 1.54) is 11.0 Å². The van der Waals surface area contributed by atoms with Crippen LogP contribution in [-0.4, -0.2) is 35.8 Å². The molecule has 0 spiro atoms. The zero-order valence-electron chi connectivity index (χ0n) is 12.9. The first-order chi connectivity index (χ1) is 10.3. The van der Waals surface area contributed by atoms with Gasteiger partial charge in [0.15, 0.2) is 0 Å². The summed E-state index contributed by atoms with van der Waals surface area (Å²) in [5.74, 6) is -0.452. The van der Waals surface area contributed by atoms with Gasteiger partial charge in [-0.15, -0.1) is 0 Å². The van der Waals surface area contributed by atoms with Crippen LogP contribution in [0.2, 0.25) is 10.0 Å². The van der Waals surface area contributed by atoms with Crippen LogP contribution in [0.3, 0.4) is 0 Å². The van der Waals surface area contributed by atoms with Crippen molar-refractivity contribution in [2.45, 2.75) is 26.8 Å². The lowest BCUT2D eigenvalue weighted by Gasteiger charge is -2.19. The van der Waals surface area contributed by atoms with E-state index in [1.54, 1.807) is 24.3 Å². The molecule has 1 aromatic rings. The highest BCUT2D eigenvalue weighted by molar-refractivity contribution is 6.37. The lowest BCUT2D eigenvalue weighted by atomic mass is 10.2. The molecule has 1 N–H and O–H groups in total. The van der Waals surface area contributed by atoms with Crippen molar-refractivity contribution in [1.82, 2.24) is 10.2 Å². The van der Waals surface area contributed by atoms with Crippen LogP contribution in [0.4, 0.5) is 0 Å². The largest absolute Gasteiger partial charge is 0.352 e. The number of benzene rings is 1. The smallest absolute Gasteiger partial charge is 0.247 e. The van der Waals surface area contributed by atoms with E-state index in [1.807, 2.05) is 20.8 Å². The number of rotatable bonds is 6. The highest BCUT2D eigenvalue weighted by Gasteiger charge is 2.14. The first kappa shape index (κ1) is 18.5. The van der Waals surface area contributed by atoms with Gasteiger partial charge in [-0.1, -0.05) is 29.3 Å². The van der Waals surface area contributed by atoms with Crippen LogP contribution < -0.4 is 5.32 Å². The maximum Gasteiger partial charge on any atom is 0.247 e. The summed E-state index contributed by atoms with van der Waals surface area (Å²) < 4.78 is 0. The van der Waals surface area contributed by atoms with Crippen molar-refractivity contribution in [2.24, 2.45) is 0 Å². The second kappa shape index (κ2) is 8.81. The Hall–Kier alpha value is -1.52. The number of amides is 2. The number of hydrogen-bond donors (Lipinski definition) is 1. The monoisotopic (exact) mass is 342 g/mol. The lowest BCUT2D eigenvalue weighted by Crippen LogP contribution is -2.42. The van der Waals surface area contributed by atoms with Crippen LogP contribution in [0.5, 0.6) is 0 Å². The summed E-state index contributed by atoms with van der Waals surface area (Å²) in [6.07, 6.45) is 2.94. The second-order valence-electron chi connectivity index (χ2n) is 5.04. The van der Waals surface area contributed by atoms with Gasteiger partial charge in [-0.2, -0.15) is 0 Å². The normalized spacial score (nSPS) is 11.0. The molecule has 0 radical (unpaired) electrons. The van der Waals surface area contributed by atoms with Gasteiger partial charge in [0.25, 0.3) is 0 Å². The second-order valence-corrected chi connectivity index (χ2v) is 5.86. The topological polar surface area (TPSA) is 49.4 Å². The SMILES string of the molecule is CCN(CC(=O)NC(C)C)C(=O)C=Cc1c(Cl)cccc1Cl. The minimum absolute atomic E-state index is 0.0219. The Kier molecular flexibility index (Phi) is 7.42. The molecule has 0 atom stereocenters. The van der Waals surface area contributed by atoms with Gasteiger partial charge >= 0.3 is 0 Å². The van der Waals surface area contributed by atoms with Crippen LogP contribution in [0, 0.1) is 0 Å².